The number of rotatable bonds is 6. The molecule has 0 saturated carbocycles. The third-order valence-corrected chi connectivity index (χ3v) is 3.20. The predicted octanol–water partition coefficient (Wildman–Crippen LogP) is 2.16. The summed E-state index contributed by atoms with van der Waals surface area (Å²) >= 11 is 3.26. The molecular weight excluding hydrogens is 314 g/mol. The number of hydrogen-bond donors (Lipinski definition) is 0. The number of halogens is 1. The molecule has 0 aliphatic heterocycles. The molecular formula is C13H16BrNO4. The molecule has 6 heteroatoms. The number of methoxy groups -OCH3 is 1. The lowest BCUT2D eigenvalue weighted by Crippen LogP contribution is -2.26. The molecule has 0 saturated heterocycles. The zero-order valence-electron chi connectivity index (χ0n) is 11.1. The van der Waals surface area contributed by atoms with Crippen LogP contribution in [0.3, 0.4) is 0 Å². The summed E-state index contributed by atoms with van der Waals surface area (Å²) in [6.07, 6.45) is 1.82. The van der Waals surface area contributed by atoms with E-state index in [9.17, 15) is 9.59 Å². The van der Waals surface area contributed by atoms with Crippen molar-refractivity contribution in [2.24, 2.45) is 5.92 Å². The summed E-state index contributed by atoms with van der Waals surface area (Å²) in [6, 6.07) is 1.72. The van der Waals surface area contributed by atoms with E-state index in [2.05, 4.69) is 20.9 Å². The van der Waals surface area contributed by atoms with Gasteiger partial charge in [0.15, 0.2) is 5.75 Å². The van der Waals surface area contributed by atoms with Gasteiger partial charge >= 0.3 is 5.97 Å². The number of ether oxygens (including phenoxy) is 2. The van der Waals surface area contributed by atoms with Gasteiger partial charge in [-0.3, -0.25) is 9.59 Å². The van der Waals surface area contributed by atoms with Crippen molar-refractivity contribution in [3.63, 3.8) is 0 Å². The molecule has 0 aliphatic carbocycles. The monoisotopic (exact) mass is 329 g/mol. The molecule has 19 heavy (non-hydrogen) atoms. The highest BCUT2D eigenvalue weighted by atomic mass is 79.9. The fraction of sp³-hybridized carbons (Fsp3) is 0.462. The van der Waals surface area contributed by atoms with Crippen molar-refractivity contribution in [3.05, 3.63) is 22.4 Å². The highest BCUT2D eigenvalue weighted by Gasteiger charge is 2.26. The first-order valence-electron chi connectivity index (χ1n) is 5.85. The second-order valence-electron chi connectivity index (χ2n) is 3.91. The summed E-state index contributed by atoms with van der Waals surface area (Å²) in [5, 5.41) is 0. The Labute approximate surface area is 120 Å². The average Bonchev–Trinajstić information content (AvgIpc) is 2.35. The van der Waals surface area contributed by atoms with Gasteiger partial charge in [0.25, 0.3) is 0 Å². The molecule has 1 aromatic heterocycles. The molecule has 0 aromatic carbocycles. The molecule has 1 aromatic rings. The van der Waals surface area contributed by atoms with E-state index in [1.807, 2.05) is 0 Å². The second kappa shape index (κ2) is 7.23. The molecule has 0 amide bonds. The number of aromatic nitrogens is 1. The Kier molecular flexibility index (Phi) is 5.95. The maximum absolute atomic E-state index is 11.8. The first kappa shape index (κ1) is 15.6. The van der Waals surface area contributed by atoms with Gasteiger partial charge in [0, 0.05) is 6.20 Å². The maximum atomic E-state index is 11.8. The Morgan fingerprint density at radius 1 is 1.47 bits per heavy atom. The van der Waals surface area contributed by atoms with Crippen LogP contribution in [0, 0.1) is 5.92 Å². The van der Waals surface area contributed by atoms with Crippen LogP contribution < -0.4 is 4.74 Å². The molecule has 1 atom stereocenters. The topological polar surface area (TPSA) is 65.5 Å². The molecule has 0 fully saturated rings. The molecule has 0 bridgehead atoms. The van der Waals surface area contributed by atoms with Crippen LogP contribution in [0.1, 0.15) is 19.4 Å². The van der Waals surface area contributed by atoms with Crippen LogP contribution in [0.2, 0.25) is 0 Å². The zero-order chi connectivity index (χ0) is 14.4. The third-order valence-electron chi connectivity index (χ3n) is 2.63. The number of ketones is 1. The summed E-state index contributed by atoms with van der Waals surface area (Å²) in [5.74, 6) is -1.03. The highest BCUT2D eigenvalue weighted by molar-refractivity contribution is 9.10. The van der Waals surface area contributed by atoms with Gasteiger partial charge in [-0.25, -0.2) is 4.98 Å². The number of nitrogens with zero attached hydrogens (tertiary/aromatic N) is 1. The Morgan fingerprint density at radius 2 is 2.16 bits per heavy atom. The lowest BCUT2D eigenvalue weighted by atomic mass is 9.96. The van der Waals surface area contributed by atoms with Crippen LogP contribution >= 0.6 is 15.9 Å². The molecule has 104 valence electrons. The van der Waals surface area contributed by atoms with Gasteiger partial charge in [-0.1, -0.05) is 0 Å². The number of esters is 1. The summed E-state index contributed by atoms with van der Waals surface area (Å²) in [5.41, 5.74) is 0.734. The minimum atomic E-state index is -0.817. The maximum Gasteiger partial charge on any atom is 0.316 e. The van der Waals surface area contributed by atoms with Crippen LogP contribution in [0.5, 0.6) is 5.75 Å². The first-order valence-corrected chi connectivity index (χ1v) is 6.65. The van der Waals surface area contributed by atoms with Crippen molar-refractivity contribution >= 4 is 27.7 Å². The van der Waals surface area contributed by atoms with Crippen LogP contribution in [0.4, 0.5) is 0 Å². The van der Waals surface area contributed by atoms with Gasteiger partial charge in [0.1, 0.15) is 16.3 Å². The molecule has 0 N–H and O–H groups in total. The van der Waals surface area contributed by atoms with Crippen molar-refractivity contribution < 1.29 is 19.1 Å². The SMILES string of the molecule is CCOC(=O)C(Cc1ccnc(Br)c1OC)C(C)=O. The smallest absolute Gasteiger partial charge is 0.316 e. The van der Waals surface area contributed by atoms with Crippen molar-refractivity contribution in [1.29, 1.82) is 0 Å². The van der Waals surface area contributed by atoms with E-state index in [1.165, 1.54) is 14.0 Å². The van der Waals surface area contributed by atoms with E-state index in [0.29, 0.717) is 10.4 Å². The Morgan fingerprint density at radius 3 is 2.68 bits per heavy atom. The molecule has 1 heterocycles. The summed E-state index contributed by atoms with van der Waals surface area (Å²) < 4.78 is 10.7. The van der Waals surface area contributed by atoms with E-state index in [0.717, 1.165) is 5.56 Å². The molecule has 5 nitrogen and oxygen atoms in total. The lowest BCUT2D eigenvalue weighted by Gasteiger charge is -2.15. The fourth-order valence-corrected chi connectivity index (χ4v) is 2.23. The molecule has 0 spiro atoms. The van der Waals surface area contributed by atoms with E-state index < -0.39 is 11.9 Å². The Bertz CT molecular complexity index is 476. The Hall–Kier alpha value is -1.43. The van der Waals surface area contributed by atoms with Gasteiger partial charge in [0.05, 0.1) is 13.7 Å². The Balaban J connectivity index is 3.00. The zero-order valence-corrected chi connectivity index (χ0v) is 12.7. The summed E-state index contributed by atoms with van der Waals surface area (Å²) in [7, 11) is 1.51. The van der Waals surface area contributed by atoms with E-state index in [1.54, 1.807) is 19.2 Å². The molecule has 0 aliphatic rings. The quantitative estimate of drug-likeness (QED) is 0.454. The average molecular weight is 330 g/mol. The van der Waals surface area contributed by atoms with Crippen molar-refractivity contribution in [1.82, 2.24) is 4.98 Å². The predicted molar refractivity (Wildman–Crippen MR) is 73.0 cm³/mol. The standard InChI is InChI=1S/C13H16BrNO4/c1-4-19-13(17)10(8(2)16)7-9-5-6-15-12(14)11(9)18-3/h5-6,10H,4,7H2,1-3H3. The van der Waals surface area contributed by atoms with E-state index in [4.69, 9.17) is 9.47 Å². The highest BCUT2D eigenvalue weighted by Crippen LogP contribution is 2.28. The van der Waals surface area contributed by atoms with Gasteiger partial charge in [-0.15, -0.1) is 0 Å². The largest absolute Gasteiger partial charge is 0.494 e. The van der Waals surface area contributed by atoms with Crippen molar-refractivity contribution in [2.75, 3.05) is 13.7 Å². The number of carbonyl (C=O) groups excluding carboxylic acids is 2. The van der Waals surface area contributed by atoms with Gasteiger partial charge < -0.3 is 9.47 Å². The lowest BCUT2D eigenvalue weighted by molar-refractivity contribution is -0.151. The van der Waals surface area contributed by atoms with Gasteiger partial charge in [-0.05, 0) is 47.8 Å². The normalized spacial score (nSPS) is 11.8. The minimum Gasteiger partial charge on any atom is -0.494 e. The molecule has 1 rings (SSSR count). The number of hydrogen-bond acceptors (Lipinski definition) is 5. The van der Waals surface area contributed by atoms with Gasteiger partial charge in [-0.2, -0.15) is 0 Å². The van der Waals surface area contributed by atoms with Crippen molar-refractivity contribution in [3.8, 4) is 5.75 Å². The van der Waals surface area contributed by atoms with Crippen LogP contribution in [0.15, 0.2) is 16.9 Å². The van der Waals surface area contributed by atoms with Crippen LogP contribution in [-0.2, 0) is 20.7 Å². The minimum absolute atomic E-state index is 0.228. The molecule has 0 radical (unpaired) electrons. The van der Waals surface area contributed by atoms with Crippen LogP contribution in [0.25, 0.3) is 0 Å². The second-order valence-corrected chi connectivity index (χ2v) is 4.66. The molecule has 1 unspecified atom stereocenters. The first-order chi connectivity index (χ1) is 9.01. The summed E-state index contributed by atoms with van der Waals surface area (Å²) in [4.78, 5) is 27.4. The number of carbonyl (C=O) groups is 2. The fourth-order valence-electron chi connectivity index (χ4n) is 1.69. The van der Waals surface area contributed by atoms with E-state index in [-0.39, 0.29) is 18.8 Å². The van der Waals surface area contributed by atoms with Gasteiger partial charge in [0.2, 0.25) is 0 Å². The summed E-state index contributed by atoms with van der Waals surface area (Å²) in [6.45, 7) is 3.34. The third kappa shape index (κ3) is 4.02. The van der Waals surface area contributed by atoms with E-state index >= 15 is 0 Å². The number of Topliss-reactive ketones (excluding diaryl/α,β-unsaturated/α-hetero) is 1. The number of pyridine rings is 1. The van der Waals surface area contributed by atoms with Crippen molar-refractivity contribution in [2.45, 2.75) is 20.3 Å². The van der Waals surface area contributed by atoms with Crippen LogP contribution in [-0.4, -0.2) is 30.5 Å².